The van der Waals surface area contributed by atoms with Crippen molar-refractivity contribution < 1.29 is 9.53 Å². The molecule has 2 aromatic carbocycles. The Kier molecular flexibility index (Phi) is 4.83. The van der Waals surface area contributed by atoms with E-state index in [-0.39, 0.29) is 12.5 Å². The van der Waals surface area contributed by atoms with Gasteiger partial charge in [-0.25, -0.2) is 4.98 Å². The van der Waals surface area contributed by atoms with Crippen LogP contribution in [0.25, 0.3) is 5.65 Å². The Bertz CT molecular complexity index is 1030. The first-order valence-corrected chi connectivity index (χ1v) is 8.75. The maximum Gasteiger partial charge on any atom is 0.265 e. The van der Waals surface area contributed by atoms with Gasteiger partial charge in [-0.2, -0.15) is 0 Å². The van der Waals surface area contributed by atoms with Crippen molar-refractivity contribution in [3.05, 3.63) is 97.0 Å². The van der Waals surface area contributed by atoms with E-state index in [0.717, 1.165) is 17.0 Å². The van der Waals surface area contributed by atoms with Gasteiger partial charge in [-0.05, 0) is 36.4 Å². The number of hydrogen-bond acceptors (Lipinski definition) is 3. The lowest BCUT2D eigenvalue weighted by atomic mass is 10.2. The molecule has 0 atom stereocenters. The fourth-order valence-electron chi connectivity index (χ4n) is 2.94. The van der Waals surface area contributed by atoms with Crippen LogP contribution in [0.1, 0.15) is 5.69 Å². The number of hydrogen-bond donors (Lipinski definition) is 0. The van der Waals surface area contributed by atoms with E-state index in [4.69, 9.17) is 4.74 Å². The predicted molar refractivity (Wildman–Crippen MR) is 105 cm³/mol. The standard InChI is InChI=1S/C22H19N3O2/c26-22(17-27-20-11-5-2-6-12-20)25(18-9-3-1-4-10-18)16-19-15-23-21-13-7-8-14-24(19)21/h1-15H,16-17H2. The van der Waals surface area contributed by atoms with Gasteiger partial charge < -0.3 is 14.0 Å². The molecule has 0 saturated heterocycles. The first kappa shape index (κ1) is 16.8. The molecule has 0 N–H and O–H groups in total. The van der Waals surface area contributed by atoms with E-state index in [1.807, 2.05) is 89.5 Å². The highest BCUT2D eigenvalue weighted by Gasteiger charge is 2.18. The summed E-state index contributed by atoms with van der Waals surface area (Å²) in [7, 11) is 0. The molecule has 5 nitrogen and oxygen atoms in total. The van der Waals surface area contributed by atoms with Crippen molar-refractivity contribution in [3.63, 3.8) is 0 Å². The molecule has 0 fully saturated rings. The molecule has 0 aliphatic carbocycles. The lowest BCUT2D eigenvalue weighted by molar-refractivity contribution is -0.120. The second-order valence-electron chi connectivity index (χ2n) is 6.10. The minimum atomic E-state index is -0.115. The molecule has 0 bridgehead atoms. The van der Waals surface area contributed by atoms with Crippen LogP contribution in [0.5, 0.6) is 5.75 Å². The molecule has 4 aromatic rings. The summed E-state index contributed by atoms with van der Waals surface area (Å²) in [5.41, 5.74) is 2.61. The van der Waals surface area contributed by atoms with Crippen molar-refractivity contribution in [1.82, 2.24) is 9.38 Å². The van der Waals surface area contributed by atoms with Gasteiger partial charge in [0, 0.05) is 11.9 Å². The number of imidazole rings is 1. The van der Waals surface area contributed by atoms with Crippen LogP contribution in [-0.2, 0) is 11.3 Å². The third kappa shape index (κ3) is 3.82. The van der Waals surface area contributed by atoms with E-state index in [0.29, 0.717) is 12.3 Å². The second kappa shape index (κ2) is 7.74. The Morgan fingerprint density at radius 2 is 1.63 bits per heavy atom. The van der Waals surface area contributed by atoms with Crippen molar-refractivity contribution in [1.29, 1.82) is 0 Å². The Morgan fingerprint density at radius 3 is 2.41 bits per heavy atom. The molecule has 1 amide bonds. The highest BCUT2D eigenvalue weighted by atomic mass is 16.5. The average molecular weight is 357 g/mol. The average Bonchev–Trinajstić information content (AvgIpc) is 3.14. The van der Waals surface area contributed by atoms with Crippen LogP contribution in [0.2, 0.25) is 0 Å². The molecule has 2 heterocycles. The van der Waals surface area contributed by atoms with Crippen LogP contribution in [0, 0.1) is 0 Å². The summed E-state index contributed by atoms with van der Waals surface area (Å²) in [6.45, 7) is 0.377. The van der Waals surface area contributed by atoms with Crippen LogP contribution in [-0.4, -0.2) is 21.9 Å². The van der Waals surface area contributed by atoms with Gasteiger partial charge in [0.15, 0.2) is 6.61 Å². The van der Waals surface area contributed by atoms with Crippen molar-refractivity contribution in [3.8, 4) is 5.75 Å². The fraction of sp³-hybridized carbons (Fsp3) is 0.0909. The predicted octanol–water partition coefficient (Wildman–Crippen LogP) is 3.95. The van der Waals surface area contributed by atoms with Gasteiger partial charge in [0.05, 0.1) is 18.4 Å². The van der Waals surface area contributed by atoms with Gasteiger partial charge in [-0.3, -0.25) is 4.79 Å². The maximum absolute atomic E-state index is 13.0. The van der Waals surface area contributed by atoms with Crippen LogP contribution < -0.4 is 9.64 Å². The van der Waals surface area contributed by atoms with Crippen molar-refractivity contribution in [2.45, 2.75) is 6.54 Å². The summed E-state index contributed by atoms with van der Waals surface area (Å²) in [5.74, 6) is 0.560. The summed E-state index contributed by atoms with van der Waals surface area (Å²) >= 11 is 0. The smallest absolute Gasteiger partial charge is 0.265 e. The topological polar surface area (TPSA) is 46.8 Å². The summed E-state index contributed by atoms with van der Waals surface area (Å²) in [5, 5.41) is 0. The van der Waals surface area contributed by atoms with E-state index in [9.17, 15) is 4.79 Å². The highest BCUT2D eigenvalue weighted by molar-refractivity contribution is 5.94. The second-order valence-corrected chi connectivity index (χ2v) is 6.10. The van der Waals surface area contributed by atoms with Gasteiger partial charge >= 0.3 is 0 Å². The minimum Gasteiger partial charge on any atom is -0.484 e. The molecule has 4 rings (SSSR count). The zero-order valence-corrected chi connectivity index (χ0v) is 14.7. The summed E-state index contributed by atoms with van der Waals surface area (Å²) in [6.07, 6.45) is 3.75. The number of aromatic nitrogens is 2. The number of rotatable bonds is 6. The Morgan fingerprint density at radius 1 is 0.926 bits per heavy atom. The molecule has 0 radical (unpaired) electrons. The van der Waals surface area contributed by atoms with Crippen molar-refractivity contribution in [2.75, 3.05) is 11.5 Å². The van der Waals surface area contributed by atoms with Crippen molar-refractivity contribution >= 4 is 17.2 Å². The Balaban J connectivity index is 1.58. The molecule has 0 aliphatic heterocycles. The number of amides is 1. The van der Waals surface area contributed by atoms with Gasteiger partial charge in [-0.1, -0.05) is 42.5 Å². The van der Waals surface area contributed by atoms with Crippen LogP contribution >= 0.6 is 0 Å². The first-order chi connectivity index (χ1) is 13.3. The number of ether oxygens (including phenoxy) is 1. The highest BCUT2D eigenvalue weighted by Crippen LogP contribution is 2.19. The molecular weight excluding hydrogens is 338 g/mol. The monoisotopic (exact) mass is 357 g/mol. The van der Waals surface area contributed by atoms with E-state index >= 15 is 0 Å². The molecule has 0 aliphatic rings. The Hall–Kier alpha value is -3.60. The third-order valence-electron chi connectivity index (χ3n) is 4.29. The van der Waals surface area contributed by atoms with Crippen LogP contribution in [0.15, 0.2) is 91.3 Å². The number of pyridine rings is 1. The molecule has 134 valence electrons. The van der Waals surface area contributed by atoms with E-state index in [1.54, 1.807) is 11.1 Å². The van der Waals surface area contributed by atoms with Crippen LogP contribution in [0.3, 0.4) is 0 Å². The number of benzene rings is 2. The van der Waals surface area contributed by atoms with Gasteiger partial charge in [0.2, 0.25) is 0 Å². The number of carbonyl (C=O) groups is 1. The lowest BCUT2D eigenvalue weighted by Gasteiger charge is -2.23. The normalized spacial score (nSPS) is 10.7. The van der Waals surface area contributed by atoms with E-state index in [1.165, 1.54) is 0 Å². The molecule has 0 saturated carbocycles. The first-order valence-electron chi connectivity index (χ1n) is 8.75. The molecular formula is C22H19N3O2. The van der Waals surface area contributed by atoms with Crippen molar-refractivity contribution in [2.24, 2.45) is 0 Å². The maximum atomic E-state index is 13.0. The number of carbonyl (C=O) groups excluding carboxylic acids is 1. The number of nitrogens with zero attached hydrogens (tertiary/aromatic N) is 3. The summed E-state index contributed by atoms with van der Waals surface area (Å²) in [6, 6.07) is 24.8. The Labute approximate surface area is 157 Å². The van der Waals surface area contributed by atoms with Gasteiger partial charge in [0.25, 0.3) is 5.91 Å². The SMILES string of the molecule is O=C(COc1ccccc1)N(Cc1cnc2ccccn12)c1ccccc1. The molecule has 2 aromatic heterocycles. The number of fused-ring (bicyclic) bond motifs is 1. The van der Waals surface area contributed by atoms with E-state index in [2.05, 4.69) is 4.98 Å². The quantitative estimate of drug-likeness (QED) is 0.525. The number of para-hydroxylation sites is 2. The van der Waals surface area contributed by atoms with Gasteiger partial charge in [-0.15, -0.1) is 0 Å². The minimum absolute atomic E-state index is 0.0321. The fourth-order valence-corrected chi connectivity index (χ4v) is 2.94. The summed E-state index contributed by atoms with van der Waals surface area (Å²) in [4.78, 5) is 19.1. The molecule has 5 heteroatoms. The molecule has 27 heavy (non-hydrogen) atoms. The zero-order chi connectivity index (χ0) is 18.5. The molecule has 0 spiro atoms. The van der Waals surface area contributed by atoms with E-state index < -0.39 is 0 Å². The largest absolute Gasteiger partial charge is 0.484 e. The number of anilines is 1. The third-order valence-corrected chi connectivity index (χ3v) is 4.29. The van der Waals surface area contributed by atoms with Gasteiger partial charge in [0.1, 0.15) is 11.4 Å². The molecule has 0 unspecified atom stereocenters. The zero-order valence-electron chi connectivity index (χ0n) is 14.7. The lowest BCUT2D eigenvalue weighted by Crippen LogP contribution is -2.34. The summed E-state index contributed by atoms with van der Waals surface area (Å²) < 4.78 is 7.65. The van der Waals surface area contributed by atoms with Crippen LogP contribution in [0.4, 0.5) is 5.69 Å².